The highest BCUT2D eigenvalue weighted by Gasteiger charge is 2.22. The van der Waals surface area contributed by atoms with Crippen molar-refractivity contribution in [2.75, 3.05) is 19.7 Å². The molecular formula is C18H27NO. The van der Waals surface area contributed by atoms with E-state index >= 15 is 0 Å². The molecule has 2 fully saturated rings. The van der Waals surface area contributed by atoms with E-state index in [0.717, 1.165) is 24.8 Å². The molecule has 1 aliphatic carbocycles. The van der Waals surface area contributed by atoms with Gasteiger partial charge in [-0.15, -0.1) is 0 Å². The molecule has 1 atom stereocenters. The molecule has 1 aromatic carbocycles. The molecule has 3 rings (SSSR count). The summed E-state index contributed by atoms with van der Waals surface area (Å²) in [6.07, 6.45) is 6.66. The zero-order valence-corrected chi connectivity index (χ0v) is 12.9. The molecule has 2 nitrogen and oxygen atoms in total. The fourth-order valence-corrected chi connectivity index (χ4v) is 3.24. The second-order valence-electron chi connectivity index (χ2n) is 6.63. The quantitative estimate of drug-likeness (QED) is 0.897. The lowest BCUT2D eigenvalue weighted by atomic mass is 9.86. The Morgan fingerprint density at radius 1 is 1.10 bits per heavy atom. The van der Waals surface area contributed by atoms with Gasteiger partial charge < -0.3 is 10.1 Å². The zero-order valence-electron chi connectivity index (χ0n) is 12.9. The molecule has 2 heteroatoms. The molecule has 1 saturated heterocycles. The monoisotopic (exact) mass is 273 g/mol. The Morgan fingerprint density at radius 3 is 2.55 bits per heavy atom. The molecule has 1 aromatic rings. The van der Waals surface area contributed by atoms with Crippen molar-refractivity contribution in [3.63, 3.8) is 0 Å². The van der Waals surface area contributed by atoms with E-state index in [2.05, 4.69) is 31.3 Å². The molecule has 0 bridgehead atoms. The molecule has 1 heterocycles. The van der Waals surface area contributed by atoms with E-state index < -0.39 is 0 Å². The van der Waals surface area contributed by atoms with Gasteiger partial charge in [0.2, 0.25) is 0 Å². The van der Waals surface area contributed by atoms with Gasteiger partial charge >= 0.3 is 0 Å². The number of aryl methyl sites for hydroxylation is 2. The summed E-state index contributed by atoms with van der Waals surface area (Å²) >= 11 is 0. The van der Waals surface area contributed by atoms with Gasteiger partial charge in [0.1, 0.15) is 5.75 Å². The third-order valence-corrected chi connectivity index (χ3v) is 5.06. The van der Waals surface area contributed by atoms with Crippen LogP contribution in [0.25, 0.3) is 0 Å². The summed E-state index contributed by atoms with van der Waals surface area (Å²) in [4.78, 5) is 0. The van der Waals surface area contributed by atoms with Crippen molar-refractivity contribution in [2.45, 2.75) is 51.9 Å². The highest BCUT2D eigenvalue weighted by Crippen LogP contribution is 2.35. The van der Waals surface area contributed by atoms with E-state index in [1.54, 1.807) is 0 Å². The van der Waals surface area contributed by atoms with E-state index in [1.165, 1.54) is 55.3 Å². The number of hydrogen-bond acceptors (Lipinski definition) is 2. The molecule has 20 heavy (non-hydrogen) atoms. The molecule has 2 aliphatic rings. The minimum absolute atomic E-state index is 0.624. The van der Waals surface area contributed by atoms with Crippen molar-refractivity contribution in [2.24, 2.45) is 5.92 Å². The van der Waals surface area contributed by atoms with Crippen LogP contribution in [0.4, 0.5) is 0 Å². The second kappa shape index (κ2) is 6.17. The first-order valence-corrected chi connectivity index (χ1v) is 8.18. The molecule has 0 radical (unpaired) electrons. The van der Waals surface area contributed by atoms with Crippen molar-refractivity contribution >= 4 is 0 Å². The number of benzene rings is 1. The summed E-state index contributed by atoms with van der Waals surface area (Å²) in [5, 5.41) is 3.53. The van der Waals surface area contributed by atoms with Crippen LogP contribution >= 0.6 is 0 Å². The number of hydrogen-bond donors (Lipinski definition) is 1. The molecule has 0 spiro atoms. The average Bonchev–Trinajstić information content (AvgIpc) is 2.41. The summed E-state index contributed by atoms with van der Waals surface area (Å²) in [7, 11) is 0. The molecule has 1 N–H and O–H groups in total. The lowest BCUT2D eigenvalue weighted by molar-refractivity contribution is 0.178. The first-order chi connectivity index (χ1) is 9.74. The van der Waals surface area contributed by atoms with Gasteiger partial charge in [0.05, 0.1) is 6.61 Å². The lowest BCUT2D eigenvalue weighted by Gasteiger charge is -2.29. The Morgan fingerprint density at radius 2 is 1.90 bits per heavy atom. The Balaban J connectivity index is 1.79. The first kappa shape index (κ1) is 13.9. The standard InChI is InChI=1S/C18H27NO/c1-13-9-17(16-7-4-8-19-11-16)18(10-14(13)2)20-12-15-5-3-6-15/h9-10,15-16,19H,3-8,11-12H2,1-2H3. The molecule has 0 amide bonds. The minimum atomic E-state index is 0.624. The largest absolute Gasteiger partial charge is 0.493 e. The molecule has 1 unspecified atom stereocenters. The van der Waals surface area contributed by atoms with Crippen LogP contribution in [0.5, 0.6) is 5.75 Å². The van der Waals surface area contributed by atoms with Gasteiger partial charge in [0.25, 0.3) is 0 Å². The van der Waals surface area contributed by atoms with Crippen LogP contribution in [-0.4, -0.2) is 19.7 Å². The van der Waals surface area contributed by atoms with Gasteiger partial charge in [-0.1, -0.05) is 12.5 Å². The number of ether oxygens (including phenoxy) is 1. The van der Waals surface area contributed by atoms with Crippen molar-refractivity contribution < 1.29 is 4.74 Å². The topological polar surface area (TPSA) is 21.3 Å². The number of nitrogens with one attached hydrogen (secondary N) is 1. The van der Waals surface area contributed by atoms with Gasteiger partial charge in [-0.2, -0.15) is 0 Å². The fourth-order valence-electron chi connectivity index (χ4n) is 3.24. The summed E-state index contributed by atoms with van der Waals surface area (Å²) in [6, 6.07) is 4.63. The van der Waals surface area contributed by atoms with Crippen LogP contribution in [0, 0.1) is 19.8 Å². The summed E-state index contributed by atoms with van der Waals surface area (Å²) in [5.41, 5.74) is 4.17. The summed E-state index contributed by atoms with van der Waals surface area (Å²) in [6.45, 7) is 7.58. The lowest BCUT2D eigenvalue weighted by Crippen LogP contribution is -2.29. The Labute approximate surface area is 122 Å². The Hall–Kier alpha value is -1.02. The number of piperidine rings is 1. The molecule has 1 saturated carbocycles. The number of rotatable bonds is 4. The van der Waals surface area contributed by atoms with Gasteiger partial charge in [0, 0.05) is 12.5 Å². The summed E-state index contributed by atoms with van der Waals surface area (Å²) < 4.78 is 6.20. The van der Waals surface area contributed by atoms with Crippen LogP contribution in [0.2, 0.25) is 0 Å². The first-order valence-electron chi connectivity index (χ1n) is 8.18. The highest BCUT2D eigenvalue weighted by atomic mass is 16.5. The van der Waals surface area contributed by atoms with Crippen molar-refractivity contribution in [1.82, 2.24) is 5.32 Å². The van der Waals surface area contributed by atoms with Crippen LogP contribution in [0.15, 0.2) is 12.1 Å². The maximum atomic E-state index is 6.20. The van der Waals surface area contributed by atoms with Crippen LogP contribution in [0.3, 0.4) is 0 Å². The minimum Gasteiger partial charge on any atom is -0.493 e. The van der Waals surface area contributed by atoms with E-state index in [-0.39, 0.29) is 0 Å². The average molecular weight is 273 g/mol. The van der Waals surface area contributed by atoms with Gasteiger partial charge in [-0.3, -0.25) is 0 Å². The van der Waals surface area contributed by atoms with E-state index in [1.807, 2.05) is 0 Å². The second-order valence-corrected chi connectivity index (χ2v) is 6.63. The van der Waals surface area contributed by atoms with Crippen LogP contribution < -0.4 is 10.1 Å². The third-order valence-electron chi connectivity index (χ3n) is 5.06. The van der Waals surface area contributed by atoms with E-state index in [0.29, 0.717) is 5.92 Å². The van der Waals surface area contributed by atoms with E-state index in [9.17, 15) is 0 Å². The third kappa shape index (κ3) is 3.01. The van der Waals surface area contributed by atoms with Crippen LogP contribution in [-0.2, 0) is 0 Å². The zero-order chi connectivity index (χ0) is 13.9. The predicted molar refractivity (Wildman–Crippen MR) is 83.6 cm³/mol. The summed E-state index contributed by atoms with van der Waals surface area (Å²) in [5.74, 6) is 2.57. The smallest absolute Gasteiger partial charge is 0.123 e. The maximum absolute atomic E-state index is 6.20. The van der Waals surface area contributed by atoms with Crippen LogP contribution in [0.1, 0.15) is 54.7 Å². The predicted octanol–water partition coefficient (Wildman–Crippen LogP) is 3.95. The Bertz CT molecular complexity index is 459. The van der Waals surface area contributed by atoms with Crippen molar-refractivity contribution in [3.8, 4) is 5.75 Å². The molecule has 0 aromatic heterocycles. The molecule has 1 aliphatic heterocycles. The fraction of sp³-hybridized carbons (Fsp3) is 0.667. The van der Waals surface area contributed by atoms with Crippen molar-refractivity contribution in [1.29, 1.82) is 0 Å². The van der Waals surface area contributed by atoms with Crippen molar-refractivity contribution in [3.05, 3.63) is 28.8 Å². The highest BCUT2D eigenvalue weighted by molar-refractivity contribution is 5.44. The van der Waals surface area contributed by atoms with Gasteiger partial charge in [-0.25, -0.2) is 0 Å². The van der Waals surface area contributed by atoms with E-state index in [4.69, 9.17) is 4.74 Å². The molecule has 110 valence electrons. The Kier molecular flexibility index (Phi) is 4.30. The normalized spacial score (nSPS) is 23.4. The van der Waals surface area contributed by atoms with Gasteiger partial charge in [-0.05, 0) is 74.8 Å². The molecular weight excluding hydrogens is 246 g/mol. The SMILES string of the molecule is Cc1cc(OCC2CCC2)c(C2CCCNC2)cc1C. The van der Waals surface area contributed by atoms with Gasteiger partial charge in [0.15, 0.2) is 0 Å². The maximum Gasteiger partial charge on any atom is 0.123 e.